The third-order valence-electron chi connectivity index (χ3n) is 2.42. The van der Waals surface area contributed by atoms with E-state index < -0.39 is 9.80 Å². The van der Waals surface area contributed by atoms with Crippen molar-refractivity contribution in [2.24, 2.45) is 0 Å². The maximum absolute atomic E-state index is 11.1. The van der Waals surface area contributed by atoms with Crippen LogP contribution in [0.4, 0.5) is 0 Å². The van der Waals surface area contributed by atoms with Gasteiger partial charge in [-0.15, -0.1) is 0 Å². The molecule has 2 nitrogen and oxygen atoms in total. The van der Waals surface area contributed by atoms with Crippen molar-refractivity contribution in [1.29, 1.82) is 0 Å². The van der Waals surface area contributed by atoms with Crippen molar-refractivity contribution < 1.29 is 60.1 Å². The Hall–Kier alpha value is 0.836. The third kappa shape index (κ3) is 4.69. The van der Waals surface area contributed by atoms with Crippen molar-refractivity contribution in [3.63, 3.8) is 0 Å². The zero-order valence-electron chi connectivity index (χ0n) is 9.53. The van der Waals surface area contributed by atoms with Gasteiger partial charge in [-0.2, -0.15) is 0 Å². The van der Waals surface area contributed by atoms with Gasteiger partial charge in [0.1, 0.15) is 0 Å². The summed E-state index contributed by atoms with van der Waals surface area (Å²) in [6.45, 7) is 4.23. The largest absolute Gasteiger partial charge is 1.00 e. The number of rotatable bonds is 3. The van der Waals surface area contributed by atoms with Gasteiger partial charge in [0.05, 0.1) is 0 Å². The van der Waals surface area contributed by atoms with Crippen molar-refractivity contribution in [1.82, 2.24) is 0 Å². The van der Waals surface area contributed by atoms with Gasteiger partial charge in [0, 0.05) is 4.90 Å². The van der Waals surface area contributed by atoms with Crippen LogP contribution in [0.1, 0.15) is 31.7 Å². The summed E-state index contributed by atoms with van der Waals surface area (Å²) in [6, 6.07) is 6.94. The summed E-state index contributed by atoms with van der Waals surface area (Å²) >= 11 is 0. The monoisotopic (exact) mass is 250 g/mol. The van der Waals surface area contributed by atoms with E-state index in [0.29, 0.717) is 5.92 Å². The molecule has 2 atom stereocenters. The van der Waals surface area contributed by atoms with Crippen LogP contribution in [0, 0.1) is 0 Å². The summed E-state index contributed by atoms with van der Waals surface area (Å²) in [7, 11) is -3.30. The number of benzene rings is 1. The van der Waals surface area contributed by atoms with Crippen LogP contribution < -0.4 is 51.4 Å². The van der Waals surface area contributed by atoms with E-state index >= 15 is 0 Å². The molecule has 15 heavy (non-hydrogen) atoms. The van der Waals surface area contributed by atoms with Crippen molar-refractivity contribution in [3.8, 4) is 0 Å². The second kappa shape index (κ2) is 6.54. The second-order valence-electron chi connectivity index (χ2n) is 3.49. The summed E-state index contributed by atoms with van der Waals surface area (Å²) in [6.07, 6.45) is 1.05. The first-order valence-electron chi connectivity index (χ1n) is 4.63. The minimum atomic E-state index is -3.30. The van der Waals surface area contributed by atoms with E-state index in [2.05, 4.69) is 19.7 Å². The molecular weight excluding hydrogens is 235 g/mol. The summed E-state index contributed by atoms with van der Waals surface area (Å²) in [5, 5.41) is 0. The molecule has 0 heterocycles. The second-order valence-corrected chi connectivity index (χ2v) is 5.19. The molecular formula is C11H15KO2S. The van der Waals surface area contributed by atoms with Crippen LogP contribution in [0.5, 0.6) is 0 Å². The van der Waals surface area contributed by atoms with E-state index in [1.165, 1.54) is 5.56 Å². The molecule has 2 unspecified atom stereocenters. The van der Waals surface area contributed by atoms with Crippen molar-refractivity contribution in [2.45, 2.75) is 31.1 Å². The molecule has 0 fully saturated rings. The van der Waals surface area contributed by atoms with Crippen LogP contribution in [0.25, 0.3) is 0 Å². The molecule has 1 rings (SSSR count). The van der Waals surface area contributed by atoms with Gasteiger partial charge in [-0.3, -0.25) is 4.21 Å². The fraction of sp³-hybridized carbons (Fsp3) is 0.364. The quantitative estimate of drug-likeness (QED) is 0.531. The van der Waals surface area contributed by atoms with E-state index in [1.807, 2.05) is 12.1 Å². The Balaban J connectivity index is 0.00000196. The van der Waals surface area contributed by atoms with Gasteiger partial charge in [-0.1, -0.05) is 41.7 Å². The van der Waals surface area contributed by atoms with Gasteiger partial charge < -0.3 is 4.55 Å². The van der Waals surface area contributed by atoms with E-state index in [1.54, 1.807) is 12.1 Å². The van der Waals surface area contributed by atoms with Gasteiger partial charge in [0.15, 0.2) is 0 Å². The van der Waals surface area contributed by atoms with Crippen LogP contribution >= 0.6 is 0 Å². The van der Waals surface area contributed by atoms with Gasteiger partial charge >= 0.3 is 51.4 Å². The molecule has 0 bridgehead atoms. The molecule has 78 valence electrons. The van der Waals surface area contributed by atoms with Crippen LogP contribution in [0.2, 0.25) is 0 Å². The molecule has 1 aromatic carbocycles. The third-order valence-corrected chi connectivity index (χ3v) is 3.41. The smallest absolute Gasteiger partial charge is 0.774 e. The van der Waals surface area contributed by atoms with Crippen LogP contribution in [0.3, 0.4) is 0 Å². The summed E-state index contributed by atoms with van der Waals surface area (Å²) in [5.74, 6) is 3.58. The molecule has 0 saturated heterocycles. The van der Waals surface area contributed by atoms with Gasteiger partial charge in [0.2, 0.25) is 0 Å². The van der Waals surface area contributed by atoms with Crippen molar-refractivity contribution in [3.05, 3.63) is 29.8 Å². The van der Waals surface area contributed by atoms with Gasteiger partial charge in [-0.25, -0.2) is 0 Å². The maximum Gasteiger partial charge on any atom is 1.00 e. The summed E-state index contributed by atoms with van der Waals surface area (Å²) in [5.41, 5.74) is 1.17. The van der Waals surface area contributed by atoms with Crippen LogP contribution in [-0.4, -0.2) is 14.6 Å². The fourth-order valence-electron chi connectivity index (χ4n) is 1.24. The Morgan fingerprint density at radius 1 is 1.40 bits per heavy atom. The molecule has 1 aromatic rings. The standard InChI is InChI=1S/C11H16O2S.K/c1-4-9(2)10-5-7-11(8-6-10)14(3,12)13;/h5-9H,3-4H2,1-2H3,(H,12,13);/q;+1/p-1. The predicted molar refractivity (Wildman–Crippen MR) is 59.5 cm³/mol. The molecule has 0 radical (unpaired) electrons. The SMILES string of the molecule is C=S(=O)([O-])c1ccc(C(C)CC)cc1.[K+]. The molecule has 0 aromatic heterocycles. The van der Waals surface area contributed by atoms with E-state index in [0.717, 1.165) is 6.42 Å². The average molecular weight is 250 g/mol. The predicted octanol–water partition coefficient (Wildman–Crippen LogP) is -0.590. The Bertz CT molecular complexity index is 395. The Kier molecular flexibility index (Phi) is 6.91. The first-order chi connectivity index (χ1) is 6.45. The summed E-state index contributed by atoms with van der Waals surface area (Å²) in [4.78, 5) is 0.282. The van der Waals surface area contributed by atoms with Crippen LogP contribution in [0.15, 0.2) is 29.2 Å². The fourth-order valence-corrected chi connectivity index (χ4v) is 1.79. The number of hydrogen-bond acceptors (Lipinski definition) is 2. The minimum Gasteiger partial charge on any atom is -0.774 e. The molecule has 4 heteroatoms. The van der Waals surface area contributed by atoms with E-state index in [4.69, 9.17) is 0 Å². The van der Waals surface area contributed by atoms with Gasteiger partial charge in [0.25, 0.3) is 0 Å². The van der Waals surface area contributed by atoms with E-state index in [9.17, 15) is 8.76 Å². The van der Waals surface area contributed by atoms with Gasteiger partial charge in [-0.05, 0) is 30.0 Å². The van der Waals surface area contributed by atoms with E-state index in [-0.39, 0.29) is 56.3 Å². The minimum absolute atomic E-state index is 0. The molecule has 0 amide bonds. The zero-order chi connectivity index (χ0) is 10.8. The maximum atomic E-state index is 11.1. The molecule has 0 aliphatic carbocycles. The van der Waals surface area contributed by atoms with Crippen molar-refractivity contribution in [2.75, 3.05) is 0 Å². The molecule has 0 aliphatic rings. The Labute approximate surface area is 135 Å². The molecule has 0 aliphatic heterocycles. The first kappa shape index (κ1) is 15.8. The first-order valence-corrected chi connectivity index (χ1v) is 6.28. The Morgan fingerprint density at radius 3 is 2.20 bits per heavy atom. The summed E-state index contributed by atoms with van der Waals surface area (Å²) < 4.78 is 22.1. The van der Waals surface area contributed by atoms with Crippen molar-refractivity contribution >= 4 is 15.7 Å². The molecule has 0 N–H and O–H groups in total. The molecule has 0 spiro atoms. The zero-order valence-corrected chi connectivity index (χ0v) is 13.5. The molecule has 0 saturated carbocycles. The normalized spacial score (nSPS) is 16.2. The Morgan fingerprint density at radius 2 is 1.87 bits per heavy atom. The average Bonchev–Trinajstić information content (AvgIpc) is 2.15. The van der Waals surface area contributed by atoms with Crippen LogP contribution in [-0.2, 0) is 9.80 Å². The number of hydrogen-bond donors (Lipinski definition) is 0. The topological polar surface area (TPSA) is 40.1 Å².